The van der Waals surface area contributed by atoms with Gasteiger partial charge in [0.2, 0.25) is 0 Å². The SMILES string of the molecule is CC.CCC(CCNC)c1cn(O)nc1Cc1ccc2ccccc2c1. The zero-order chi connectivity index (χ0) is 18.9. The molecule has 0 aliphatic rings. The molecule has 2 aromatic carbocycles. The second kappa shape index (κ2) is 9.97. The van der Waals surface area contributed by atoms with Crippen molar-refractivity contribution in [2.75, 3.05) is 13.6 Å². The Bertz CT molecular complexity index is 810. The Hall–Kier alpha value is -2.33. The smallest absolute Gasteiger partial charge is 0.0738 e. The largest absolute Gasteiger partial charge is 0.412 e. The molecule has 1 heterocycles. The molecule has 3 rings (SSSR count). The molecule has 0 fully saturated rings. The van der Waals surface area contributed by atoms with Crippen molar-refractivity contribution in [2.45, 2.75) is 46.0 Å². The molecule has 0 amide bonds. The second-order valence-corrected chi connectivity index (χ2v) is 6.31. The Kier molecular flexibility index (Phi) is 7.67. The number of nitrogens with one attached hydrogen (secondary N) is 1. The van der Waals surface area contributed by atoms with Crippen LogP contribution in [-0.2, 0) is 6.42 Å². The van der Waals surface area contributed by atoms with E-state index >= 15 is 0 Å². The standard InChI is InChI=1S/C20H25N3O.C2H6/c1-3-16(10-11-21-2)19-14-23(24)22-20(19)13-15-8-9-17-6-4-5-7-18(17)12-15;1-2/h4-9,12,14,16,21,24H,3,10-11,13H2,1-2H3;1-2H3. The normalized spacial score (nSPS) is 11.8. The highest BCUT2D eigenvalue weighted by molar-refractivity contribution is 5.83. The van der Waals surface area contributed by atoms with Crippen LogP contribution in [0.2, 0.25) is 0 Å². The molecule has 0 aliphatic carbocycles. The predicted molar refractivity (Wildman–Crippen MR) is 109 cm³/mol. The van der Waals surface area contributed by atoms with Crippen molar-refractivity contribution >= 4 is 10.8 Å². The zero-order valence-electron chi connectivity index (χ0n) is 16.4. The van der Waals surface area contributed by atoms with Gasteiger partial charge in [0.05, 0.1) is 11.9 Å². The quantitative estimate of drug-likeness (QED) is 0.588. The summed E-state index contributed by atoms with van der Waals surface area (Å²) in [6.45, 7) is 7.15. The fourth-order valence-electron chi connectivity index (χ4n) is 3.33. The van der Waals surface area contributed by atoms with Gasteiger partial charge in [0.15, 0.2) is 0 Å². The fourth-order valence-corrected chi connectivity index (χ4v) is 3.33. The van der Waals surface area contributed by atoms with E-state index in [4.69, 9.17) is 0 Å². The number of benzene rings is 2. The van der Waals surface area contributed by atoms with Crippen molar-refractivity contribution in [1.82, 2.24) is 15.3 Å². The molecule has 3 aromatic rings. The van der Waals surface area contributed by atoms with Gasteiger partial charge in [-0.05, 0) is 48.7 Å². The third kappa shape index (κ3) is 4.85. The van der Waals surface area contributed by atoms with Gasteiger partial charge in [0, 0.05) is 12.0 Å². The highest BCUT2D eigenvalue weighted by Gasteiger charge is 2.18. The first-order chi connectivity index (χ1) is 12.7. The lowest BCUT2D eigenvalue weighted by Crippen LogP contribution is -2.12. The number of hydrogen-bond donors (Lipinski definition) is 2. The maximum atomic E-state index is 9.84. The molecule has 0 radical (unpaired) electrons. The molecule has 0 spiro atoms. The van der Waals surface area contributed by atoms with Crippen LogP contribution in [0.4, 0.5) is 0 Å². The molecule has 140 valence electrons. The van der Waals surface area contributed by atoms with Crippen molar-refractivity contribution in [3.63, 3.8) is 0 Å². The van der Waals surface area contributed by atoms with E-state index in [1.165, 1.54) is 16.3 Å². The van der Waals surface area contributed by atoms with Crippen molar-refractivity contribution in [1.29, 1.82) is 0 Å². The predicted octanol–water partition coefficient (Wildman–Crippen LogP) is 4.99. The van der Waals surface area contributed by atoms with Crippen molar-refractivity contribution in [2.24, 2.45) is 0 Å². The summed E-state index contributed by atoms with van der Waals surface area (Å²) in [5.41, 5.74) is 3.34. The fraction of sp³-hybridized carbons (Fsp3) is 0.409. The van der Waals surface area contributed by atoms with Crippen LogP contribution in [0.5, 0.6) is 0 Å². The monoisotopic (exact) mass is 353 g/mol. The average Bonchev–Trinajstić information content (AvgIpc) is 3.04. The lowest BCUT2D eigenvalue weighted by molar-refractivity contribution is 0.147. The van der Waals surface area contributed by atoms with Gasteiger partial charge in [-0.25, -0.2) is 0 Å². The van der Waals surface area contributed by atoms with Crippen LogP contribution in [0.1, 0.15) is 56.4 Å². The van der Waals surface area contributed by atoms with E-state index in [1.54, 1.807) is 6.20 Å². The van der Waals surface area contributed by atoms with Crippen molar-refractivity contribution in [3.8, 4) is 0 Å². The Balaban J connectivity index is 0.00000117. The molecule has 1 unspecified atom stereocenters. The molecule has 0 saturated carbocycles. The van der Waals surface area contributed by atoms with Gasteiger partial charge >= 0.3 is 0 Å². The Morgan fingerprint density at radius 2 is 1.85 bits per heavy atom. The Morgan fingerprint density at radius 3 is 2.54 bits per heavy atom. The first kappa shape index (κ1) is 20.0. The lowest BCUT2D eigenvalue weighted by atomic mass is 9.91. The molecule has 0 saturated heterocycles. The minimum atomic E-state index is 0.411. The van der Waals surface area contributed by atoms with Gasteiger partial charge in [0.25, 0.3) is 0 Å². The second-order valence-electron chi connectivity index (χ2n) is 6.31. The summed E-state index contributed by atoms with van der Waals surface area (Å²) in [7, 11) is 1.97. The van der Waals surface area contributed by atoms with Crippen molar-refractivity contribution < 1.29 is 5.21 Å². The van der Waals surface area contributed by atoms with E-state index in [-0.39, 0.29) is 0 Å². The summed E-state index contributed by atoms with van der Waals surface area (Å²) in [5.74, 6) is 0.411. The topological polar surface area (TPSA) is 50.1 Å². The summed E-state index contributed by atoms with van der Waals surface area (Å²) >= 11 is 0. The first-order valence-electron chi connectivity index (χ1n) is 9.61. The minimum absolute atomic E-state index is 0.411. The third-order valence-corrected chi connectivity index (χ3v) is 4.67. The van der Waals surface area contributed by atoms with Gasteiger partial charge in [-0.2, -0.15) is 0 Å². The van der Waals surface area contributed by atoms with E-state index in [2.05, 4.69) is 59.8 Å². The summed E-state index contributed by atoms with van der Waals surface area (Å²) in [6, 6.07) is 14.9. The number of aromatic nitrogens is 2. The minimum Gasteiger partial charge on any atom is -0.412 e. The van der Waals surface area contributed by atoms with Gasteiger partial charge in [0.1, 0.15) is 0 Å². The van der Waals surface area contributed by atoms with Crippen LogP contribution < -0.4 is 5.32 Å². The summed E-state index contributed by atoms with van der Waals surface area (Å²) in [4.78, 5) is 0.966. The Morgan fingerprint density at radius 1 is 1.12 bits per heavy atom. The van der Waals surface area contributed by atoms with Gasteiger partial charge in [-0.3, -0.25) is 0 Å². The summed E-state index contributed by atoms with van der Waals surface area (Å²) in [5, 5.41) is 19.8. The third-order valence-electron chi connectivity index (χ3n) is 4.67. The number of nitrogens with zero attached hydrogens (tertiary/aromatic N) is 2. The maximum absolute atomic E-state index is 9.84. The number of hydrogen-bond acceptors (Lipinski definition) is 3. The van der Waals surface area contributed by atoms with E-state index in [0.717, 1.165) is 41.9 Å². The van der Waals surface area contributed by atoms with E-state index in [0.29, 0.717) is 5.92 Å². The molecule has 2 N–H and O–H groups in total. The van der Waals surface area contributed by atoms with E-state index in [9.17, 15) is 5.21 Å². The number of rotatable bonds is 7. The molecule has 4 nitrogen and oxygen atoms in total. The molecule has 1 aromatic heterocycles. The molecule has 1 atom stereocenters. The molecular weight excluding hydrogens is 322 g/mol. The van der Waals surface area contributed by atoms with Gasteiger partial charge in [-0.1, -0.05) is 63.2 Å². The highest BCUT2D eigenvalue weighted by atomic mass is 16.5. The molecule has 26 heavy (non-hydrogen) atoms. The summed E-state index contributed by atoms with van der Waals surface area (Å²) in [6.07, 6.45) is 4.59. The highest BCUT2D eigenvalue weighted by Crippen LogP contribution is 2.27. The zero-order valence-corrected chi connectivity index (χ0v) is 16.4. The van der Waals surface area contributed by atoms with Gasteiger partial charge < -0.3 is 10.5 Å². The van der Waals surface area contributed by atoms with Crippen LogP contribution in [0.15, 0.2) is 48.7 Å². The van der Waals surface area contributed by atoms with Gasteiger partial charge in [-0.15, -0.1) is 9.94 Å². The van der Waals surface area contributed by atoms with Crippen LogP contribution in [-0.4, -0.2) is 28.7 Å². The Labute approximate surface area is 156 Å². The lowest BCUT2D eigenvalue weighted by Gasteiger charge is -2.14. The first-order valence-corrected chi connectivity index (χ1v) is 9.61. The van der Waals surface area contributed by atoms with Crippen LogP contribution in [0.25, 0.3) is 10.8 Å². The van der Waals surface area contributed by atoms with Crippen LogP contribution in [0.3, 0.4) is 0 Å². The summed E-state index contributed by atoms with van der Waals surface area (Å²) < 4.78 is 0. The van der Waals surface area contributed by atoms with Crippen molar-refractivity contribution in [3.05, 3.63) is 65.5 Å². The molecule has 4 heteroatoms. The van der Waals surface area contributed by atoms with E-state index < -0.39 is 0 Å². The average molecular weight is 354 g/mol. The number of fused-ring (bicyclic) bond motifs is 1. The van der Waals surface area contributed by atoms with E-state index in [1.807, 2.05) is 20.9 Å². The van der Waals surface area contributed by atoms with Crippen LogP contribution >= 0.6 is 0 Å². The maximum Gasteiger partial charge on any atom is 0.0738 e. The molecule has 0 bridgehead atoms. The van der Waals surface area contributed by atoms with Crippen LogP contribution in [0, 0.1) is 0 Å². The molecular formula is C22H31N3O. The molecule has 0 aliphatic heterocycles.